The van der Waals surface area contributed by atoms with Crippen LogP contribution in [0.5, 0.6) is 0 Å². The van der Waals surface area contributed by atoms with Gasteiger partial charge in [-0.25, -0.2) is 9.18 Å². The molecule has 27 heavy (non-hydrogen) atoms. The van der Waals surface area contributed by atoms with Crippen LogP contribution < -0.4 is 4.90 Å². The number of amides is 1. The smallest absolute Gasteiger partial charge is 0.338 e. The number of hydrogen-bond donors (Lipinski definition) is 0. The second-order valence-corrected chi connectivity index (χ2v) is 5.64. The first-order valence-corrected chi connectivity index (χ1v) is 8.23. The third kappa shape index (κ3) is 5.90. The predicted molar refractivity (Wildman–Crippen MR) is 96.4 cm³/mol. The summed E-state index contributed by atoms with van der Waals surface area (Å²) < 4.78 is 23.2. The molecule has 0 heterocycles. The molecule has 2 aromatic rings. The van der Waals surface area contributed by atoms with Crippen LogP contribution in [0.25, 0.3) is 0 Å². The first kappa shape index (κ1) is 20.1. The highest BCUT2D eigenvalue weighted by atomic mass is 19.1. The van der Waals surface area contributed by atoms with E-state index >= 15 is 0 Å². The summed E-state index contributed by atoms with van der Waals surface area (Å²) in [4.78, 5) is 25.9. The molecule has 0 aliphatic heterocycles. The van der Waals surface area contributed by atoms with Crippen LogP contribution in [0.2, 0.25) is 0 Å². The number of halogens is 1. The van der Waals surface area contributed by atoms with Gasteiger partial charge in [0.2, 0.25) is 0 Å². The Morgan fingerprint density at radius 1 is 1.19 bits per heavy atom. The van der Waals surface area contributed by atoms with Gasteiger partial charge in [0.05, 0.1) is 24.7 Å². The van der Waals surface area contributed by atoms with Crippen molar-refractivity contribution in [1.82, 2.24) is 0 Å². The molecule has 0 saturated heterocycles. The number of anilines is 1. The van der Waals surface area contributed by atoms with Crippen LogP contribution in [0.15, 0.2) is 48.5 Å². The van der Waals surface area contributed by atoms with Crippen molar-refractivity contribution in [2.75, 3.05) is 25.2 Å². The molecule has 2 aromatic carbocycles. The lowest BCUT2D eigenvalue weighted by molar-refractivity contribution is -0.121. The summed E-state index contributed by atoms with van der Waals surface area (Å²) in [5, 5.41) is 8.78. The third-order valence-corrected chi connectivity index (χ3v) is 3.69. The third-order valence-electron chi connectivity index (χ3n) is 3.69. The van der Waals surface area contributed by atoms with Gasteiger partial charge in [-0.2, -0.15) is 5.26 Å². The number of nitriles is 1. The average molecular weight is 370 g/mol. The van der Waals surface area contributed by atoms with Crippen LogP contribution in [0.3, 0.4) is 0 Å². The molecule has 6 nitrogen and oxygen atoms in total. The minimum Gasteiger partial charge on any atom is -0.452 e. The minimum absolute atomic E-state index is 0.0934. The molecular formula is C20H19FN2O4. The van der Waals surface area contributed by atoms with E-state index in [1.54, 1.807) is 25.3 Å². The molecule has 1 amide bonds. The Labute approximate surface area is 156 Å². The van der Waals surface area contributed by atoms with Crippen LogP contribution in [0.4, 0.5) is 10.1 Å². The fraction of sp³-hybridized carbons (Fsp3) is 0.250. The van der Waals surface area contributed by atoms with Gasteiger partial charge in [-0.05, 0) is 42.0 Å². The first-order valence-electron chi connectivity index (χ1n) is 8.23. The lowest BCUT2D eigenvalue weighted by atomic mass is 10.1. The van der Waals surface area contributed by atoms with Gasteiger partial charge < -0.3 is 14.4 Å². The van der Waals surface area contributed by atoms with Crippen molar-refractivity contribution in [1.29, 1.82) is 5.26 Å². The lowest BCUT2D eigenvalue weighted by Gasteiger charge is -2.21. The molecule has 0 atom stereocenters. The molecule has 0 aromatic heterocycles. The van der Waals surface area contributed by atoms with E-state index in [1.807, 2.05) is 12.1 Å². The highest BCUT2D eigenvalue weighted by molar-refractivity contribution is 5.97. The Morgan fingerprint density at radius 2 is 1.93 bits per heavy atom. The molecular weight excluding hydrogens is 351 g/mol. The molecule has 7 heteroatoms. The van der Waals surface area contributed by atoms with Gasteiger partial charge in [0.15, 0.2) is 6.61 Å². The summed E-state index contributed by atoms with van der Waals surface area (Å²) in [5.74, 6) is -1.58. The number of nitrogens with zero attached hydrogens (tertiary/aromatic N) is 2. The zero-order valence-corrected chi connectivity index (χ0v) is 14.9. The topological polar surface area (TPSA) is 79.6 Å². The van der Waals surface area contributed by atoms with Crippen LogP contribution in [-0.4, -0.2) is 32.1 Å². The summed E-state index contributed by atoms with van der Waals surface area (Å²) in [6, 6.07) is 14.0. The van der Waals surface area contributed by atoms with E-state index in [0.29, 0.717) is 17.9 Å². The van der Waals surface area contributed by atoms with Crippen molar-refractivity contribution in [3.05, 3.63) is 65.5 Å². The van der Waals surface area contributed by atoms with Gasteiger partial charge in [0.1, 0.15) is 5.82 Å². The molecule has 0 bridgehead atoms. The maximum Gasteiger partial charge on any atom is 0.338 e. The van der Waals surface area contributed by atoms with E-state index in [-0.39, 0.29) is 13.0 Å². The van der Waals surface area contributed by atoms with Crippen LogP contribution in [0, 0.1) is 17.1 Å². The summed E-state index contributed by atoms with van der Waals surface area (Å²) in [5.41, 5.74) is 1.54. The van der Waals surface area contributed by atoms with E-state index in [0.717, 1.165) is 5.56 Å². The van der Waals surface area contributed by atoms with E-state index in [2.05, 4.69) is 0 Å². The summed E-state index contributed by atoms with van der Waals surface area (Å²) >= 11 is 0. The fourth-order valence-electron chi connectivity index (χ4n) is 2.42. The van der Waals surface area contributed by atoms with Crippen molar-refractivity contribution in [3.63, 3.8) is 0 Å². The molecule has 140 valence electrons. The Morgan fingerprint density at radius 3 is 2.59 bits per heavy atom. The molecule has 0 radical (unpaired) electrons. The molecule has 0 aliphatic rings. The number of hydrogen-bond acceptors (Lipinski definition) is 5. The quantitative estimate of drug-likeness (QED) is 0.667. The largest absolute Gasteiger partial charge is 0.452 e. The first-order chi connectivity index (χ1) is 13.0. The van der Waals surface area contributed by atoms with Gasteiger partial charge in [-0.1, -0.05) is 12.1 Å². The zero-order valence-electron chi connectivity index (χ0n) is 14.9. The standard InChI is InChI=1S/C20H19FN2O4/c1-26-13-15-4-2-5-16(12-15)20(25)27-14-19(24)23(11-3-10-22)18-8-6-17(21)7-9-18/h2,4-9,12H,3,11,13-14H2,1H3. The fourth-order valence-corrected chi connectivity index (χ4v) is 2.42. The maximum absolute atomic E-state index is 13.1. The van der Waals surface area contributed by atoms with Crippen molar-refractivity contribution >= 4 is 17.6 Å². The monoisotopic (exact) mass is 370 g/mol. The van der Waals surface area contributed by atoms with Crippen molar-refractivity contribution < 1.29 is 23.5 Å². The van der Waals surface area contributed by atoms with Crippen LogP contribution >= 0.6 is 0 Å². The molecule has 0 N–H and O–H groups in total. The highest BCUT2D eigenvalue weighted by Crippen LogP contribution is 2.16. The summed E-state index contributed by atoms with van der Waals surface area (Å²) in [7, 11) is 1.55. The number of methoxy groups -OCH3 is 1. The Kier molecular flexibility index (Phi) is 7.47. The molecule has 0 fully saturated rings. The molecule has 2 rings (SSSR count). The van der Waals surface area contributed by atoms with E-state index in [1.165, 1.54) is 29.2 Å². The summed E-state index contributed by atoms with van der Waals surface area (Å²) in [6.07, 6.45) is 0.0934. The Balaban J connectivity index is 2.04. The van der Waals surface area contributed by atoms with Crippen LogP contribution in [0.1, 0.15) is 22.3 Å². The number of benzene rings is 2. The average Bonchev–Trinajstić information content (AvgIpc) is 2.68. The highest BCUT2D eigenvalue weighted by Gasteiger charge is 2.18. The summed E-state index contributed by atoms with van der Waals surface area (Å²) in [6.45, 7) is -0.0233. The SMILES string of the molecule is COCc1cccc(C(=O)OCC(=O)N(CCC#N)c2ccc(F)cc2)c1. The lowest BCUT2D eigenvalue weighted by Crippen LogP contribution is -2.35. The molecule has 0 spiro atoms. The Hall–Kier alpha value is -3.24. The van der Waals surface area contributed by atoms with Crippen LogP contribution in [-0.2, 0) is 20.9 Å². The van der Waals surface area contributed by atoms with Crippen molar-refractivity contribution in [3.8, 4) is 6.07 Å². The molecule has 0 unspecified atom stereocenters. The van der Waals surface area contributed by atoms with E-state index in [9.17, 15) is 14.0 Å². The van der Waals surface area contributed by atoms with E-state index in [4.69, 9.17) is 14.7 Å². The maximum atomic E-state index is 13.1. The van der Waals surface area contributed by atoms with E-state index < -0.39 is 24.3 Å². The second kappa shape index (κ2) is 10.0. The number of ether oxygens (including phenoxy) is 2. The normalized spacial score (nSPS) is 10.1. The molecule has 0 saturated carbocycles. The van der Waals surface area contributed by atoms with Gasteiger partial charge in [-0.15, -0.1) is 0 Å². The van der Waals surface area contributed by atoms with Crippen molar-refractivity contribution in [2.45, 2.75) is 13.0 Å². The number of carbonyl (C=O) groups is 2. The van der Waals surface area contributed by atoms with Gasteiger partial charge in [0.25, 0.3) is 5.91 Å². The van der Waals surface area contributed by atoms with Gasteiger partial charge in [-0.3, -0.25) is 4.79 Å². The Bertz CT molecular complexity index is 831. The number of carbonyl (C=O) groups excluding carboxylic acids is 2. The second-order valence-electron chi connectivity index (χ2n) is 5.64. The predicted octanol–water partition coefficient (Wildman–Crippen LogP) is 3.08. The van der Waals surface area contributed by atoms with Gasteiger partial charge in [0, 0.05) is 19.3 Å². The van der Waals surface area contributed by atoms with Gasteiger partial charge >= 0.3 is 5.97 Å². The number of rotatable bonds is 8. The number of esters is 1. The van der Waals surface area contributed by atoms with Crippen molar-refractivity contribution in [2.24, 2.45) is 0 Å². The molecule has 0 aliphatic carbocycles. The minimum atomic E-state index is -0.638. The zero-order chi connectivity index (χ0) is 19.6.